The highest BCUT2D eigenvalue weighted by atomic mass is 32.2. The molecule has 35 heavy (non-hydrogen) atoms. The van der Waals surface area contributed by atoms with Crippen molar-refractivity contribution in [3.05, 3.63) is 64.3 Å². The molecule has 10 nitrogen and oxygen atoms in total. The maximum atomic E-state index is 14.0. The Morgan fingerprint density at radius 1 is 1.17 bits per heavy atom. The molecule has 1 amide bonds. The second-order valence-corrected chi connectivity index (χ2v) is 9.76. The van der Waals surface area contributed by atoms with Crippen LogP contribution < -0.4 is 15.7 Å². The van der Waals surface area contributed by atoms with Gasteiger partial charge in [0.15, 0.2) is 17.4 Å². The van der Waals surface area contributed by atoms with Gasteiger partial charge in [-0.1, -0.05) is 12.1 Å². The number of halogens is 1. The molecule has 0 fully saturated rings. The summed E-state index contributed by atoms with van der Waals surface area (Å²) in [6.45, 7) is 3.32. The Morgan fingerprint density at radius 3 is 2.46 bits per heavy atom. The molecule has 0 bridgehead atoms. The molecule has 0 unspecified atom stereocenters. The standard InChI is InChI=1S/C23H27FN4O6S/c1-15(2)25-21(29)14-27-22(17-7-10-19(24)20(13-17)33-3)26-28(23(27)30)18-8-5-16(6-9-18)11-12-34-35(4,31)32/h5-10,13,15H,11-12,14H2,1-4H3,(H,25,29). The third-order valence-corrected chi connectivity index (χ3v) is 5.49. The van der Waals surface area contributed by atoms with Crippen molar-refractivity contribution in [1.82, 2.24) is 19.7 Å². The van der Waals surface area contributed by atoms with Crippen molar-refractivity contribution in [1.29, 1.82) is 0 Å². The average molecular weight is 507 g/mol. The van der Waals surface area contributed by atoms with E-state index >= 15 is 0 Å². The van der Waals surface area contributed by atoms with Crippen molar-refractivity contribution < 1.29 is 26.5 Å². The lowest BCUT2D eigenvalue weighted by molar-refractivity contribution is -0.122. The minimum absolute atomic E-state index is 0.00569. The number of carbonyl (C=O) groups is 1. The van der Waals surface area contributed by atoms with E-state index in [1.807, 2.05) is 0 Å². The molecule has 3 aromatic rings. The van der Waals surface area contributed by atoms with Gasteiger partial charge in [0.25, 0.3) is 10.1 Å². The summed E-state index contributed by atoms with van der Waals surface area (Å²) in [4.78, 5) is 25.7. The minimum atomic E-state index is -3.53. The van der Waals surface area contributed by atoms with Crippen LogP contribution >= 0.6 is 0 Å². The number of rotatable bonds is 10. The first-order valence-corrected chi connectivity index (χ1v) is 12.6. The van der Waals surface area contributed by atoms with Crippen LogP contribution in [-0.2, 0) is 32.1 Å². The summed E-state index contributed by atoms with van der Waals surface area (Å²) in [6.07, 6.45) is 1.33. The van der Waals surface area contributed by atoms with Gasteiger partial charge in [-0.2, -0.15) is 13.1 Å². The zero-order valence-corrected chi connectivity index (χ0v) is 20.6. The number of aromatic nitrogens is 3. The first kappa shape index (κ1) is 26.1. The van der Waals surface area contributed by atoms with Gasteiger partial charge in [-0.3, -0.25) is 13.5 Å². The first-order chi connectivity index (χ1) is 16.5. The summed E-state index contributed by atoms with van der Waals surface area (Å²) in [5.41, 5.74) is 1.06. The smallest absolute Gasteiger partial charge is 0.351 e. The van der Waals surface area contributed by atoms with Crippen LogP contribution in [0.4, 0.5) is 4.39 Å². The molecule has 1 N–H and O–H groups in total. The van der Waals surface area contributed by atoms with E-state index in [4.69, 9.17) is 8.92 Å². The molecule has 0 spiro atoms. The van der Waals surface area contributed by atoms with Gasteiger partial charge in [0.1, 0.15) is 6.54 Å². The predicted molar refractivity (Wildman–Crippen MR) is 128 cm³/mol. The van der Waals surface area contributed by atoms with Crippen LogP contribution in [0.3, 0.4) is 0 Å². The van der Waals surface area contributed by atoms with E-state index in [9.17, 15) is 22.4 Å². The summed E-state index contributed by atoms with van der Waals surface area (Å²) in [7, 11) is -2.20. The Bertz CT molecular complexity index is 1360. The fraction of sp³-hybridized carbons (Fsp3) is 0.348. The molecule has 0 saturated heterocycles. The van der Waals surface area contributed by atoms with E-state index < -0.39 is 21.6 Å². The van der Waals surface area contributed by atoms with E-state index in [1.54, 1.807) is 38.1 Å². The molecule has 1 heterocycles. The number of methoxy groups -OCH3 is 1. The topological polar surface area (TPSA) is 122 Å². The summed E-state index contributed by atoms with van der Waals surface area (Å²) in [5, 5.41) is 7.16. The van der Waals surface area contributed by atoms with Crippen molar-refractivity contribution in [3.63, 3.8) is 0 Å². The molecule has 0 saturated carbocycles. The Hall–Kier alpha value is -3.51. The van der Waals surface area contributed by atoms with E-state index in [1.165, 1.54) is 29.9 Å². The van der Waals surface area contributed by atoms with Crippen LogP contribution in [0.1, 0.15) is 19.4 Å². The van der Waals surface area contributed by atoms with Gasteiger partial charge in [0, 0.05) is 11.6 Å². The summed E-state index contributed by atoms with van der Waals surface area (Å²) >= 11 is 0. The fourth-order valence-corrected chi connectivity index (χ4v) is 3.73. The van der Waals surface area contributed by atoms with Crippen LogP contribution in [0.2, 0.25) is 0 Å². The summed E-state index contributed by atoms with van der Waals surface area (Å²) in [6, 6.07) is 10.7. The van der Waals surface area contributed by atoms with Crippen molar-refractivity contribution in [2.75, 3.05) is 20.0 Å². The molecule has 12 heteroatoms. The highest BCUT2D eigenvalue weighted by Gasteiger charge is 2.20. The summed E-state index contributed by atoms with van der Waals surface area (Å²) < 4.78 is 48.3. The molecular weight excluding hydrogens is 479 g/mol. The molecule has 188 valence electrons. The van der Waals surface area contributed by atoms with E-state index in [0.29, 0.717) is 17.7 Å². The van der Waals surface area contributed by atoms with Crippen molar-refractivity contribution >= 4 is 16.0 Å². The molecule has 0 aliphatic rings. The number of hydrogen-bond donors (Lipinski definition) is 1. The molecular formula is C23H27FN4O6S. The molecule has 0 atom stereocenters. The van der Waals surface area contributed by atoms with Gasteiger partial charge in [-0.25, -0.2) is 9.18 Å². The number of amides is 1. The highest BCUT2D eigenvalue weighted by molar-refractivity contribution is 7.85. The lowest BCUT2D eigenvalue weighted by Crippen LogP contribution is -2.36. The van der Waals surface area contributed by atoms with Crippen LogP contribution in [0.15, 0.2) is 47.3 Å². The monoisotopic (exact) mass is 506 g/mol. The Kier molecular flexibility index (Phi) is 8.07. The third-order valence-electron chi connectivity index (χ3n) is 4.89. The maximum absolute atomic E-state index is 14.0. The summed E-state index contributed by atoms with van der Waals surface area (Å²) in [5.74, 6) is -0.808. The average Bonchev–Trinajstić information content (AvgIpc) is 3.09. The van der Waals surface area contributed by atoms with E-state index in [2.05, 4.69) is 10.4 Å². The van der Waals surface area contributed by atoms with Crippen LogP contribution in [0.5, 0.6) is 5.75 Å². The van der Waals surface area contributed by atoms with Crippen LogP contribution in [0.25, 0.3) is 17.1 Å². The van der Waals surface area contributed by atoms with Gasteiger partial charge >= 0.3 is 5.69 Å². The highest BCUT2D eigenvalue weighted by Crippen LogP contribution is 2.25. The zero-order valence-electron chi connectivity index (χ0n) is 19.8. The molecule has 0 aliphatic heterocycles. The molecule has 0 radical (unpaired) electrons. The van der Waals surface area contributed by atoms with Gasteiger partial charge < -0.3 is 10.1 Å². The van der Waals surface area contributed by atoms with Crippen molar-refractivity contribution in [2.45, 2.75) is 32.9 Å². The second-order valence-electron chi connectivity index (χ2n) is 8.12. The number of nitrogens with one attached hydrogen (secondary N) is 1. The lowest BCUT2D eigenvalue weighted by atomic mass is 10.1. The Labute approximate surface area is 202 Å². The molecule has 3 rings (SSSR count). The van der Waals surface area contributed by atoms with Crippen LogP contribution in [0, 0.1) is 5.82 Å². The second kappa shape index (κ2) is 10.8. The zero-order chi connectivity index (χ0) is 25.8. The van der Waals surface area contributed by atoms with E-state index in [0.717, 1.165) is 16.5 Å². The molecule has 2 aromatic carbocycles. The fourth-order valence-electron chi connectivity index (χ4n) is 3.35. The van der Waals surface area contributed by atoms with Crippen molar-refractivity contribution in [3.8, 4) is 22.8 Å². The quantitative estimate of drug-likeness (QED) is 0.417. The van der Waals surface area contributed by atoms with Gasteiger partial charge in [0.05, 0.1) is 25.7 Å². The third kappa shape index (κ3) is 6.76. The van der Waals surface area contributed by atoms with Gasteiger partial charge in [0.2, 0.25) is 5.91 Å². The number of nitrogens with zero attached hydrogens (tertiary/aromatic N) is 3. The number of benzene rings is 2. The number of ether oxygens (including phenoxy) is 1. The Morgan fingerprint density at radius 2 is 1.86 bits per heavy atom. The largest absolute Gasteiger partial charge is 0.494 e. The Balaban J connectivity index is 1.99. The SMILES string of the molecule is COc1cc(-c2nn(-c3ccc(CCOS(C)(=O)=O)cc3)c(=O)n2CC(=O)NC(C)C)ccc1F. The van der Waals surface area contributed by atoms with Crippen molar-refractivity contribution in [2.24, 2.45) is 0 Å². The van der Waals surface area contributed by atoms with Gasteiger partial charge in [-0.15, -0.1) is 5.10 Å². The molecule has 0 aliphatic carbocycles. The minimum Gasteiger partial charge on any atom is -0.494 e. The lowest BCUT2D eigenvalue weighted by Gasteiger charge is -2.10. The van der Waals surface area contributed by atoms with E-state index in [-0.39, 0.29) is 36.7 Å². The van der Waals surface area contributed by atoms with Gasteiger partial charge in [-0.05, 0) is 56.2 Å². The van der Waals surface area contributed by atoms with Crippen LogP contribution in [-0.4, -0.2) is 54.7 Å². The predicted octanol–water partition coefficient (Wildman–Crippen LogP) is 1.89. The normalized spacial score (nSPS) is 11.6. The maximum Gasteiger partial charge on any atom is 0.351 e. The first-order valence-electron chi connectivity index (χ1n) is 10.8. The number of hydrogen-bond acceptors (Lipinski definition) is 7. The molecule has 1 aromatic heterocycles. The number of carbonyl (C=O) groups excluding carboxylic acids is 1.